The van der Waals surface area contributed by atoms with Crippen LogP contribution < -0.4 is 5.56 Å². The number of non-ortho nitro benzene ring substituents is 1. The summed E-state index contributed by atoms with van der Waals surface area (Å²) in [6.07, 6.45) is 1.36. The molecule has 0 aliphatic heterocycles. The molecule has 0 unspecified atom stereocenters. The zero-order valence-corrected chi connectivity index (χ0v) is 13.6. The third-order valence-electron chi connectivity index (χ3n) is 3.28. The molecule has 1 N–H and O–H groups in total. The Hall–Kier alpha value is -3.21. The second-order valence-electron chi connectivity index (χ2n) is 4.80. The first-order valence-electron chi connectivity index (χ1n) is 6.92. The summed E-state index contributed by atoms with van der Waals surface area (Å²) in [5.41, 5.74) is 0.346. The molecule has 0 saturated heterocycles. The van der Waals surface area contributed by atoms with Crippen molar-refractivity contribution in [1.82, 2.24) is 19.7 Å². The summed E-state index contributed by atoms with van der Waals surface area (Å²) < 4.78 is 5.95. The Morgan fingerprint density at radius 3 is 2.76 bits per heavy atom. The van der Waals surface area contributed by atoms with Crippen LogP contribution >= 0.6 is 11.8 Å². The van der Waals surface area contributed by atoms with E-state index in [1.165, 1.54) is 42.3 Å². The molecule has 1 aromatic carbocycles. The van der Waals surface area contributed by atoms with E-state index in [1.54, 1.807) is 0 Å². The minimum absolute atomic E-state index is 0.00336. The van der Waals surface area contributed by atoms with Gasteiger partial charge in [0.05, 0.1) is 29.7 Å². The number of carbonyl (C=O) groups excluding carboxylic acids is 1. The number of esters is 1. The van der Waals surface area contributed by atoms with Gasteiger partial charge in [-0.05, 0) is 12.1 Å². The molecule has 25 heavy (non-hydrogen) atoms. The fourth-order valence-electron chi connectivity index (χ4n) is 2.06. The topological polar surface area (TPSA) is 133 Å². The van der Waals surface area contributed by atoms with Gasteiger partial charge in [-0.25, -0.2) is 9.67 Å². The number of fused-ring (bicyclic) bond motifs is 1. The lowest BCUT2D eigenvalue weighted by Gasteiger charge is -2.04. The zero-order chi connectivity index (χ0) is 18.0. The molecule has 2 aromatic heterocycles. The van der Waals surface area contributed by atoms with Crippen LogP contribution in [0.2, 0.25) is 0 Å². The monoisotopic (exact) mass is 361 g/mol. The van der Waals surface area contributed by atoms with Crippen LogP contribution in [0.25, 0.3) is 16.7 Å². The Kier molecular flexibility index (Phi) is 4.48. The van der Waals surface area contributed by atoms with Crippen LogP contribution in [0.4, 0.5) is 5.69 Å². The van der Waals surface area contributed by atoms with Gasteiger partial charge in [-0.3, -0.25) is 19.7 Å². The first kappa shape index (κ1) is 16.6. The number of hydrogen-bond acceptors (Lipinski definition) is 8. The number of nitro benzene ring substituents is 1. The molecule has 0 fully saturated rings. The molecule has 3 aromatic rings. The molecule has 0 amide bonds. The maximum atomic E-state index is 12.1. The van der Waals surface area contributed by atoms with Gasteiger partial charge >= 0.3 is 5.97 Å². The van der Waals surface area contributed by atoms with Crippen molar-refractivity contribution < 1.29 is 14.5 Å². The lowest BCUT2D eigenvalue weighted by molar-refractivity contribution is -0.384. The number of aromatic amines is 1. The summed E-state index contributed by atoms with van der Waals surface area (Å²) >= 11 is 1.02. The van der Waals surface area contributed by atoms with E-state index in [0.29, 0.717) is 5.69 Å². The van der Waals surface area contributed by atoms with E-state index >= 15 is 0 Å². The van der Waals surface area contributed by atoms with Gasteiger partial charge in [-0.15, -0.1) is 0 Å². The van der Waals surface area contributed by atoms with Gasteiger partial charge in [0.15, 0.2) is 10.8 Å². The second-order valence-corrected chi connectivity index (χ2v) is 5.77. The van der Waals surface area contributed by atoms with Gasteiger partial charge in [-0.2, -0.15) is 5.10 Å². The lowest BCUT2D eigenvalue weighted by atomic mass is 10.3. The third kappa shape index (κ3) is 3.35. The number of aromatic nitrogens is 4. The highest BCUT2D eigenvalue weighted by Crippen LogP contribution is 2.20. The number of rotatable bonds is 5. The summed E-state index contributed by atoms with van der Waals surface area (Å²) in [7, 11) is 1.27. The van der Waals surface area contributed by atoms with Crippen LogP contribution in [0, 0.1) is 10.1 Å². The maximum Gasteiger partial charge on any atom is 0.316 e. The number of nitrogens with zero attached hydrogens (tertiary/aromatic N) is 4. The summed E-state index contributed by atoms with van der Waals surface area (Å²) in [6.45, 7) is 0. The highest BCUT2D eigenvalue weighted by molar-refractivity contribution is 7.99. The molecule has 3 rings (SSSR count). The van der Waals surface area contributed by atoms with E-state index in [-0.39, 0.29) is 27.6 Å². The third-order valence-corrected chi connectivity index (χ3v) is 4.12. The van der Waals surface area contributed by atoms with E-state index in [2.05, 4.69) is 19.8 Å². The highest BCUT2D eigenvalue weighted by Gasteiger charge is 2.14. The molecular formula is C14H11N5O5S. The van der Waals surface area contributed by atoms with Gasteiger partial charge in [-0.1, -0.05) is 11.8 Å². The van der Waals surface area contributed by atoms with Gasteiger partial charge in [0.2, 0.25) is 0 Å². The Labute approximate surface area is 144 Å². The van der Waals surface area contributed by atoms with E-state index in [4.69, 9.17) is 0 Å². The molecule has 0 aliphatic carbocycles. The van der Waals surface area contributed by atoms with Crippen molar-refractivity contribution in [3.05, 3.63) is 50.9 Å². The first-order chi connectivity index (χ1) is 12.0. The minimum atomic E-state index is -0.504. The standard InChI is InChI=1S/C14H11N5O5S/c1-24-11(20)7-25-14-16-12-10(13(21)17-14)6-15-18(12)8-2-4-9(5-3-8)19(22)23/h2-6H,7H2,1H3,(H,16,17,21). The highest BCUT2D eigenvalue weighted by atomic mass is 32.2. The zero-order valence-electron chi connectivity index (χ0n) is 12.8. The summed E-state index contributed by atoms with van der Waals surface area (Å²) in [5.74, 6) is -0.451. The molecule has 11 heteroatoms. The Bertz CT molecular complexity index is 1010. The van der Waals surface area contributed by atoms with Gasteiger partial charge in [0.1, 0.15) is 5.39 Å². The number of carbonyl (C=O) groups is 1. The Balaban J connectivity index is 2.01. The van der Waals surface area contributed by atoms with Crippen LogP contribution in [0.1, 0.15) is 0 Å². The van der Waals surface area contributed by atoms with E-state index in [1.807, 2.05) is 0 Å². The predicted molar refractivity (Wildman–Crippen MR) is 88.9 cm³/mol. The molecule has 128 valence electrons. The van der Waals surface area contributed by atoms with E-state index in [0.717, 1.165) is 11.8 Å². The molecule has 0 spiro atoms. The fraction of sp³-hybridized carbons (Fsp3) is 0.143. The molecule has 2 heterocycles. The molecule has 0 atom stereocenters. The van der Waals surface area contributed by atoms with E-state index in [9.17, 15) is 19.7 Å². The summed E-state index contributed by atoms with van der Waals surface area (Å²) in [5, 5.41) is 15.4. The van der Waals surface area contributed by atoms with E-state index < -0.39 is 16.5 Å². The molecule has 10 nitrogen and oxygen atoms in total. The number of thioether (sulfide) groups is 1. The number of benzene rings is 1. The minimum Gasteiger partial charge on any atom is -0.468 e. The second kappa shape index (κ2) is 6.73. The van der Waals surface area contributed by atoms with Gasteiger partial charge in [0.25, 0.3) is 11.2 Å². The summed E-state index contributed by atoms with van der Waals surface area (Å²) in [6, 6.07) is 5.69. The first-order valence-corrected chi connectivity index (χ1v) is 7.90. The van der Waals surface area contributed by atoms with Crippen molar-refractivity contribution in [2.75, 3.05) is 12.9 Å². The van der Waals surface area contributed by atoms with Crippen molar-refractivity contribution in [1.29, 1.82) is 0 Å². The molecule has 0 aliphatic rings. The summed E-state index contributed by atoms with van der Waals surface area (Å²) in [4.78, 5) is 40.5. The molecule has 0 radical (unpaired) electrons. The molecular weight excluding hydrogens is 350 g/mol. The number of nitro groups is 1. The number of hydrogen-bond donors (Lipinski definition) is 1. The predicted octanol–water partition coefficient (Wildman–Crippen LogP) is 1.28. The van der Waals surface area contributed by atoms with Crippen molar-refractivity contribution in [3.8, 4) is 5.69 Å². The number of ether oxygens (including phenoxy) is 1. The lowest BCUT2D eigenvalue weighted by Crippen LogP contribution is -2.11. The van der Waals surface area contributed by atoms with Crippen molar-refractivity contribution in [2.24, 2.45) is 0 Å². The Morgan fingerprint density at radius 1 is 1.40 bits per heavy atom. The van der Waals surface area contributed by atoms with Crippen molar-refractivity contribution in [3.63, 3.8) is 0 Å². The average molecular weight is 361 g/mol. The van der Waals surface area contributed by atoms with Crippen LogP contribution in [0.3, 0.4) is 0 Å². The van der Waals surface area contributed by atoms with Crippen LogP contribution in [-0.2, 0) is 9.53 Å². The number of methoxy groups -OCH3 is 1. The van der Waals surface area contributed by atoms with Crippen molar-refractivity contribution >= 4 is 34.5 Å². The normalized spacial score (nSPS) is 10.8. The van der Waals surface area contributed by atoms with Crippen LogP contribution in [-0.4, -0.2) is 43.5 Å². The number of nitrogens with one attached hydrogen (secondary N) is 1. The largest absolute Gasteiger partial charge is 0.468 e. The molecule has 0 bridgehead atoms. The van der Waals surface area contributed by atoms with Crippen LogP contribution in [0.5, 0.6) is 0 Å². The maximum absolute atomic E-state index is 12.1. The average Bonchev–Trinajstić information content (AvgIpc) is 3.04. The fourth-order valence-corrected chi connectivity index (χ4v) is 2.75. The Morgan fingerprint density at radius 2 is 2.12 bits per heavy atom. The SMILES string of the molecule is COC(=O)CSc1nc2c(cnn2-c2ccc([N+](=O)[O-])cc2)c(=O)[nH]1. The van der Waals surface area contributed by atoms with Crippen LogP contribution in [0.15, 0.2) is 40.4 Å². The molecule has 0 saturated carbocycles. The van der Waals surface area contributed by atoms with Gasteiger partial charge < -0.3 is 9.72 Å². The van der Waals surface area contributed by atoms with Crippen molar-refractivity contribution in [2.45, 2.75) is 5.16 Å². The quantitative estimate of drug-likeness (QED) is 0.236. The number of H-pyrrole nitrogens is 1. The smallest absolute Gasteiger partial charge is 0.316 e. The van der Waals surface area contributed by atoms with Gasteiger partial charge in [0, 0.05) is 12.1 Å².